The maximum Gasteiger partial charge on any atom is 0.251 e. The van der Waals surface area contributed by atoms with E-state index in [4.69, 9.17) is 0 Å². The predicted molar refractivity (Wildman–Crippen MR) is 114 cm³/mol. The van der Waals surface area contributed by atoms with Crippen molar-refractivity contribution in [2.24, 2.45) is 0 Å². The fourth-order valence-electron chi connectivity index (χ4n) is 3.37. The molecule has 1 fully saturated rings. The maximum absolute atomic E-state index is 13.0. The van der Waals surface area contributed by atoms with Crippen molar-refractivity contribution in [3.05, 3.63) is 58.0 Å². The Bertz CT molecular complexity index is 1010. The quantitative estimate of drug-likeness (QED) is 0.503. The molecule has 1 aliphatic heterocycles. The van der Waals surface area contributed by atoms with Gasteiger partial charge >= 0.3 is 0 Å². The Morgan fingerprint density at radius 3 is 2.72 bits per heavy atom. The topological polar surface area (TPSA) is 100 Å². The Morgan fingerprint density at radius 2 is 2.07 bits per heavy atom. The summed E-state index contributed by atoms with van der Waals surface area (Å²) >= 11 is 1.17. The minimum Gasteiger partial charge on any atom is -0.334 e. The number of amides is 1. The number of hydrogen-bond donors (Lipinski definition) is 1. The highest BCUT2D eigenvalue weighted by atomic mass is 32.2. The molecule has 1 unspecified atom stereocenters. The van der Waals surface area contributed by atoms with Gasteiger partial charge < -0.3 is 9.88 Å². The number of thioether (sulfide) groups is 1. The molecule has 3 rings (SSSR count). The van der Waals surface area contributed by atoms with E-state index in [1.165, 1.54) is 17.8 Å². The minimum absolute atomic E-state index is 0.00267. The largest absolute Gasteiger partial charge is 0.334 e. The van der Waals surface area contributed by atoms with Gasteiger partial charge in [-0.3, -0.25) is 9.59 Å². The zero-order valence-corrected chi connectivity index (χ0v) is 18.0. The monoisotopic (exact) mass is 435 g/mol. The molecule has 29 heavy (non-hydrogen) atoms. The molecule has 7 nitrogen and oxygen atoms in total. The summed E-state index contributed by atoms with van der Waals surface area (Å²) in [5.41, 5.74) is 1.42. The van der Waals surface area contributed by atoms with Gasteiger partial charge in [-0.1, -0.05) is 55.4 Å². The zero-order chi connectivity index (χ0) is 20.9. The number of sulfone groups is 1. The van der Waals surface area contributed by atoms with Crippen LogP contribution in [0, 0.1) is 0 Å². The third-order valence-electron chi connectivity index (χ3n) is 4.78. The third kappa shape index (κ3) is 6.17. The second-order valence-electron chi connectivity index (χ2n) is 7.14. The molecular weight excluding hydrogens is 410 g/mol. The average Bonchev–Trinajstić information content (AvgIpc) is 3.04. The summed E-state index contributed by atoms with van der Waals surface area (Å²) in [4.78, 5) is 33.5. The normalized spacial score (nSPS) is 17.9. The van der Waals surface area contributed by atoms with Crippen molar-refractivity contribution in [3.8, 4) is 0 Å². The van der Waals surface area contributed by atoms with Crippen molar-refractivity contribution in [3.63, 3.8) is 0 Å². The van der Waals surface area contributed by atoms with Gasteiger partial charge in [0, 0.05) is 24.3 Å². The minimum atomic E-state index is -3.11. The van der Waals surface area contributed by atoms with Crippen LogP contribution in [0.3, 0.4) is 0 Å². The van der Waals surface area contributed by atoms with E-state index in [9.17, 15) is 18.0 Å². The highest BCUT2D eigenvalue weighted by Gasteiger charge is 2.34. The molecule has 2 heterocycles. The van der Waals surface area contributed by atoms with Gasteiger partial charge in [0.25, 0.3) is 5.56 Å². The van der Waals surface area contributed by atoms with Gasteiger partial charge in [0.1, 0.15) is 0 Å². The van der Waals surface area contributed by atoms with Gasteiger partial charge in [-0.15, -0.1) is 0 Å². The Balaban J connectivity index is 1.73. The molecule has 0 spiro atoms. The molecule has 1 saturated heterocycles. The van der Waals surface area contributed by atoms with E-state index < -0.39 is 9.84 Å². The lowest BCUT2D eigenvalue weighted by atomic mass is 10.1. The van der Waals surface area contributed by atoms with Gasteiger partial charge in [0.15, 0.2) is 15.0 Å². The highest BCUT2D eigenvalue weighted by Crippen LogP contribution is 2.22. The van der Waals surface area contributed by atoms with Crippen LogP contribution in [-0.2, 0) is 27.6 Å². The molecular formula is C20H25N3O4S2. The van der Waals surface area contributed by atoms with Crippen LogP contribution in [-0.4, -0.2) is 52.5 Å². The number of rotatable bonds is 8. The van der Waals surface area contributed by atoms with Gasteiger partial charge in [-0.05, 0) is 18.4 Å². The molecule has 0 saturated carbocycles. The number of nitrogens with zero attached hydrogens (tertiary/aromatic N) is 2. The average molecular weight is 436 g/mol. The van der Waals surface area contributed by atoms with E-state index in [2.05, 4.69) is 9.97 Å². The number of carbonyl (C=O) groups excluding carboxylic acids is 1. The van der Waals surface area contributed by atoms with Crippen LogP contribution < -0.4 is 5.56 Å². The Kier molecular flexibility index (Phi) is 7.13. The van der Waals surface area contributed by atoms with Crippen molar-refractivity contribution >= 4 is 27.5 Å². The Labute approximate surface area is 174 Å². The van der Waals surface area contributed by atoms with Crippen LogP contribution in [0.2, 0.25) is 0 Å². The molecule has 1 atom stereocenters. The molecule has 0 aliphatic carbocycles. The number of hydrogen-bond acceptors (Lipinski definition) is 6. The number of aromatic nitrogens is 2. The summed E-state index contributed by atoms with van der Waals surface area (Å²) < 4.78 is 23.9. The van der Waals surface area contributed by atoms with Crippen molar-refractivity contribution in [2.45, 2.75) is 43.9 Å². The summed E-state index contributed by atoms with van der Waals surface area (Å²) in [6, 6.07) is 10.7. The van der Waals surface area contributed by atoms with Crippen molar-refractivity contribution in [1.29, 1.82) is 0 Å². The van der Waals surface area contributed by atoms with Gasteiger partial charge in [0.2, 0.25) is 5.91 Å². The summed E-state index contributed by atoms with van der Waals surface area (Å²) in [7, 11) is -3.11. The first-order chi connectivity index (χ1) is 13.9. The number of nitrogens with one attached hydrogen (secondary N) is 1. The van der Waals surface area contributed by atoms with Crippen LogP contribution in [0.15, 0.2) is 46.3 Å². The summed E-state index contributed by atoms with van der Waals surface area (Å²) in [6.07, 6.45) is 2.03. The summed E-state index contributed by atoms with van der Waals surface area (Å²) in [5.74, 6) is 0.0285. The van der Waals surface area contributed by atoms with Crippen LogP contribution in [0.25, 0.3) is 0 Å². The molecule has 0 radical (unpaired) electrons. The van der Waals surface area contributed by atoms with Crippen LogP contribution in [0.5, 0.6) is 0 Å². The molecule has 1 aromatic carbocycles. The number of H-pyrrole nitrogens is 1. The molecule has 1 aromatic heterocycles. The number of aryl methyl sites for hydroxylation is 1. The molecule has 9 heteroatoms. The molecule has 156 valence electrons. The van der Waals surface area contributed by atoms with Crippen LogP contribution >= 0.6 is 11.8 Å². The van der Waals surface area contributed by atoms with E-state index in [-0.39, 0.29) is 34.8 Å². The standard InChI is InChI=1S/C20H25N3O4S2/c1-2-6-16-11-18(24)22-20(21-16)28-13-19(25)23(12-15-7-4-3-5-8-15)17-9-10-29(26,27)14-17/h3-5,7-8,11,17H,2,6,9-10,12-14H2,1H3,(H,21,22,24). The maximum atomic E-state index is 13.0. The fourth-order valence-corrected chi connectivity index (χ4v) is 5.88. The highest BCUT2D eigenvalue weighted by molar-refractivity contribution is 7.99. The fraction of sp³-hybridized carbons (Fsp3) is 0.450. The lowest BCUT2D eigenvalue weighted by Gasteiger charge is -2.28. The first-order valence-electron chi connectivity index (χ1n) is 9.63. The molecule has 1 N–H and O–H groups in total. The summed E-state index contributed by atoms with van der Waals surface area (Å²) in [6.45, 7) is 2.37. The van der Waals surface area contributed by atoms with Crippen molar-refractivity contribution < 1.29 is 13.2 Å². The molecule has 1 amide bonds. The number of aromatic amines is 1. The lowest BCUT2D eigenvalue weighted by Crippen LogP contribution is -2.41. The molecule has 2 aromatic rings. The second-order valence-corrected chi connectivity index (χ2v) is 10.3. The smallest absolute Gasteiger partial charge is 0.251 e. The van der Waals surface area contributed by atoms with Crippen molar-refractivity contribution in [1.82, 2.24) is 14.9 Å². The third-order valence-corrected chi connectivity index (χ3v) is 7.39. The van der Waals surface area contributed by atoms with Crippen LogP contribution in [0.4, 0.5) is 0 Å². The number of benzene rings is 1. The Hall–Kier alpha value is -2.13. The van der Waals surface area contributed by atoms with E-state index >= 15 is 0 Å². The van der Waals surface area contributed by atoms with Gasteiger partial charge in [-0.2, -0.15) is 0 Å². The van der Waals surface area contributed by atoms with Gasteiger partial charge in [0.05, 0.1) is 17.3 Å². The lowest BCUT2D eigenvalue weighted by molar-refractivity contribution is -0.130. The summed E-state index contributed by atoms with van der Waals surface area (Å²) in [5, 5.41) is 0.410. The van der Waals surface area contributed by atoms with E-state index in [0.29, 0.717) is 30.2 Å². The Morgan fingerprint density at radius 1 is 1.31 bits per heavy atom. The first kappa shape index (κ1) is 21.6. The molecule has 1 aliphatic rings. The zero-order valence-electron chi connectivity index (χ0n) is 16.3. The first-order valence-corrected chi connectivity index (χ1v) is 12.4. The van der Waals surface area contributed by atoms with E-state index in [1.54, 1.807) is 4.90 Å². The van der Waals surface area contributed by atoms with E-state index in [0.717, 1.165) is 12.0 Å². The van der Waals surface area contributed by atoms with E-state index in [1.807, 2.05) is 37.3 Å². The SMILES string of the molecule is CCCc1cc(=O)[nH]c(SCC(=O)N(Cc2ccccc2)C2CCS(=O)(=O)C2)n1. The molecule has 0 bridgehead atoms. The van der Waals surface area contributed by atoms with Crippen LogP contribution in [0.1, 0.15) is 31.0 Å². The van der Waals surface area contributed by atoms with Crippen molar-refractivity contribution in [2.75, 3.05) is 17.3 Å². The predicted octanol–water partition coefficient (Wildman–Crippen LogP) is 2.03. The van der Waals surface area contributed by atoms with Gasteiger partial charge in [-0.25, -0.2) is 13.4 Å². The second kappa shape index (κ2) is 9.58. The number of carbonyl (C=O) groups is 1.